The smallest absolute Gasteiger partial charge is 0.306 e. The fourth-order valence-corrected chi connectivity index (χ4v) is 7.28. The van der Waals surface area contributed by atoms with Crippen molar-refractivity contribution in [3.05, 3.63) is 85.1 Å². The number of amides is 1. The zero-order chi connectivity index (χ0) is 44.5. The minimum Gasteiger partial charge on any atom is -0.462 e. The maximum atomic E-state index is 13.2. The number of ether oxygens (including phenoxy) is 1. The summed E-state index contributed by atoms with van der Waals surface area (Å²) in [6.45, 7) is 6.30. The molecule has 3 unspecified atom stereocenters. The first-order valence-corrected chi connectivity index (χ1v) is 25.4. The number of aliphatic hydroxyl groups excluding tert-OH is 2. The Balaban J connectivity index is 4.72. The molecule has 0 aromatic rings. The van der Waals surface area contributed by atoms with Gasteiger partial charge in [0.2, 0.25) is 5.91 Å². The van der Waals surface area contributed by atoms with E-state index >= 15 is 0 Å². The highest BCUT2D eigenvalue weighted by molar-refractivity contribution is 5.77. The summed E-state index contributed by atoms with van der Waals surface area (Å²) in [5, 5.41) is 23.7. The van der Waals surface area contributed by atoms with Gasteiger partial charge >= 0.3 is 5.97 Å². The highest BCUT2D eigenvalue weighted by atomic mass is 16.5. The largest absolute Gasteiger partial charge is 0.462 e. The third-order valence-corrected chi connectivity index (χ3v) is 11.1. The van der Waals surface area contributed by atoms with Crippen molar-refractivity contribution >= 4 is 11.9 Å². The Hall–Kier alpha value is -2.96. The highest BCUT2D eigenvalue weighted by Crippen LogP contribution is 2.17. The number of rotatable bonds is 44. The van der Waals surface area contributed by atoms with Gasteiger partial charge in [-0.2, -0.15) is 0 Å². The standard InChI is InChI=1S/C55H95NO5/c1-4-7-10-13-16-19-21-23-25-27-29-31-33-36-39-42-45-48-55(60)61-51(46-43-40-37-35-32-30-28-26-24-22-20-17-14-11-8-5-2)49-54(59)56-52(50-57)53(58)47-44-41-38-34-18-15-12-9-6-3/h7,10,13,16,19,21,23,25,27,29-33,51-53,57-58H,4-6,8-9,11-12,14-15,17-18,20,22,24,26,28,34-50H2,1-3H3,(H,56,59)/b10-7-,16-13+,21-19+,25-23-,29-27+,32-30+,33-31+. The molecule has 0 saturated carbocycles. The second-order valence-corrected chi connectivity index (χ2v) is 17.0. The summed E-state index contributed by atoms with van der Waals surface area (Å²) < 4.78 is 5.90. The summed E-state index contributed by atoms with van der Waals surface area (Å²) in [6, 6.07) is -0.719. The van der Waals surface area contributed by atoms with Gasteiger partial charge in [0.05, 0.1) is 25.2 Å². The molecule has 0 fully saturated rings. The van der Waals surface area contributed by atoms with Crippen LogP contribution in [0.5, 0.6) is 0 Å². The normalized spacial score (nSPS) is 14.0. The van der Waals surface area contributed by atoms with Crippen LogP contribution in [0.25, 0.3) is 0 Å². The molecule has 61 heavy (non-hydrogen) atoms. The molecule has 0 rings (SSSR count). The molecular formula is C55H95NO5. The summed E-state index contributed by atoms with van der Waals surface area (Å²) >= 11 is 0. The van der Waals surface area contributed by atoms with Crippen molar-refractivity contribution in [3.8, 4) is 0 Å². The van der Waals surface area contributed by atoms with E-state index in [1.807, 2.05) is 54.7 Å². The predicted octanol–water partition coefficient (Wildman–Crippen LogP) is 15.2. The summed E-state index contributed by atoms with van der Waals surface area (Å²) in [5.41, 5.74) is 0. The summed E-state index contributed by atoms with van der Waals surface area (Å²) in [7, 11) is 0. The van der Waals surface area contributed by atoms with Crippen LogP contribution < -0.4 is 5.32 Å². The van der Waals surface area contributed by atoms with Gasteiger partial charge in [0, 0.05) is 6.42 Å². The monoisotopic (exact) mass is 850 g/mol. The van der Waals surface area contributed by atoms with E-state index < -0.39 is 18.2 Å². The Kier molecular flexibility index (Phi) is 45.7. The Morgan fingerprint density at radius 3 is 1.41 bits per heavy atom. The molecule has 350 valence electrons. The van der Waals surface area contributed by atoms with Gasteiger partial charge in [0.25, 0.3) is 0 Å². The third-order valence-electron chi connectivity index (χ3n) is 11.1. The van der Waals surface area contributed by atoms with Crippen molar-refractivity contribution in [1.82, 2.24) is 5.32 Å². The third kappa shape index (κ3) is 43.5. The first-order chi connectivity index (χ1) is 30.0. The molecule has 0 bridgehead atoms. The van der Waals surface area contributed by atoms with E-state index in [1.165, 1.54) is 96.3 Å². The zero-order valence-electron chi connectivity index (χ0n) is 39.8. The molecule has 1 amide bonds. The van der Waals surface area contributed by atoms with Crippen LogP contribution in [0, 0.1) is 0 Å². The van der Waals surface area contributed by atoms with Crippen LogP contribution in [0.2, 0.25) is 0 Å². The SMILES string of the molecule is CC\C=C/C=C/C=C/C=C\C=C\C=C\CCCCCC(=O)OC(CCCCC/C=C/CCCCCCCCCCC)CC(=O)NC(CO)C(O)CCCCCCCCCCC. The fraction of sp³-hybridized carbons (Fsp3) is 0.709. The lowest BCUT2D eigenvalue weighted by molar-refractivity contribution is -0.151. The van der Waals surface area contributed by atoms with E-state index in [0.29, 0.717) is 19.3 Å². The second kappa shape index (κ2) is 48.1. The minimum atomic E-state index is -0.802. The summed E-state index contributed by atoms with van der Waals surface area (Å²) in [5.74, 6) is -0.545. The number of carbonyl (C=O) groups is 2. The molecule has 6 heteroatoms. The molecule has 0 aromatic heterocycles. The molecule has 3 atom stereocenters. The summed E-state index contributed by atoms with van der Waals surface area (Å²) in [6.07, 6.45) is 62.1. The Bertz CT molecular complexity index is 1180. The van der Waals surface area contributed by atoms with Crippen molar-refractivity contribution in [3.63, 3.8) is 0 Å². The molecule has 0 aromatic carbocycles. The van der Waals surface area contributed by atoms with E-state index in [0.717, 1.165) is 83.5 Å². The number of hydrogen-bond acceptors (Lipinski definition) is 5. The van der Waals surface area contributed by atoms with Crippen LogP contribution in [0.3, 0.4) is 0 Å². The first-order valence-electron chi connectivity index (χ1n) is 25.4. The lowest BCUT2D eigenvalue weighted by atomic mass is 10.0. The van der Waals surface area contributed by atoms with Gasteiger partial charge in [0.1, 0.15) is 6.10 Å². The number of aliphatic hydroxyl groups is 2. The maximum absolute atomic E-state index is 13.2. The van der Waals surface area contributed by atoms with Gasteiger partial charge in [-0.15, -0.1) is 0 Å². The van der Waals surface area contributed by atoms with Crippen molar-refractivity contribution in [2.24, 2.45) is 0 Å². The van der Waals surface area contributed by atoms with Crippen molar-refractivity contribution < 1.29 is 24.5 Å². The molecule has 0 radical (unpaired) electrons. The number of esters is 1. The molecule has 0 aliphatic heterocycles. The molecule has 0 saturated heterocycles. The number of nitrogens with one attached hydrogen (secondary N) is 1. The minimum absolute atomic E-state index is 0.0448. The zero-order valence-corrected chi connectivity index (χ0v) is 39.8. The van der Waals surface area contributed by atoms with Crippen molar-refractivity contribution in [2.45, 2.75) is 244 Å². The van der Waals surface area contributed by atoms with Gasteiger partial charge in [-0.05, 0) is 70.6 Å². The fourth-order valence-electron chi connectivity index (χ4n) is 7.28. The van der Waals surface area contributed by atoms with Gasteiger partial charge < -0.3 is 20.3 Å². The van der Waals surface area contributed by atoms with Crippen LogP contribution in [0.15, 0.2) is 85.1 Å². The lowest BCUT2D eigenvalue weighted by Crippen LogP contribution is -2.46. The Morgan fingerprint density at radius 2 is 0.902 bits per heavy atom. The quantitative estimate of drug-likeness (QED) is 0.0246. The lowest BCUT2D eigenvalue weighted by Gasteiger charge is -2.24. The number of allylic oxidation sites excluding steroid dienone is 14. The average molecular weight is 850 g/mol. The van der Waals surface area contributed by atoms with Crippen LogP contribution in [-0.4, -0.2) is 46.9 Å². The molecule has 0 heterocycles. The molecule has 0 aliphatic rings. The van der Waals surface area contributed by atoms with Crippen molar-refractivity contribution in [1.29, 1.82) is 0 Å². The maximum Gasteiger partial charge on any atom is 0.306 e. The van der Waals surface area contributed by atoms with Crippen LogP contribution >= 0.6 is 0 Å². The Labute approximate surface area is 376 Å². The molecule has 3 N–H and O–H groups in total. The molecule has 0 aliphatic carbocycles. The first kappa shape index (κ1) is 58.0. The van der Waals surface area contributed by atoms with Gasteiger partial charge in [-0.1, -0.05) is 228 Å². The molecule has 6 nitrogen and oxygen atoms in total. The molecular weight excluding hydrogens is 755 g/mol. The van der Waals surface area contributed by atoms with E-state index in [-0.39, 0.29) is 24.9 Å². The van der Waals surface area contributed by atoms with Gasteiger partial charge in [-0.25, -0.2) is 0 Å². The van der Waals surface area contributed by atoms with E-state index in [1.54, 1.807) is 0 Å². The van der Waals surface area contributed by atoms with Gasteiger partial charge in [0.15, 0.2) is 0 Å². The van der Waals surface area contributed by atoms with E-state index in [9.17, 15) is 19.8 Å². The van der Waals surface area contributed by atoms with Crippen LogP contribution in [0.4, 0.5) is 0 Å². The average Bonchev–Trinajstić information content (AvgIpc) is 3.25. The Morgan fingerprint density at radius 1 is 0.492 bits per heavy atom. The highest BCUT2D eigenvalue weighted by Gasteiger charge is 2.24. The number of carbonyl (C=O) groups excluding carboxylic acids is 2. The van der Waals surface area contributed by atoms with Crippen LogP contribution in [0.1, 0.15) is 226 Å². The number of hydrogen-bond donors (Lipinski definition) is 3. The van der Waals surface area contributed by atoms with E-state index in [2.05, 4.69) is 56.5 Å². The predicted molar refractivity (Wildman–Crippen MR) is 264 cm³/mol. The second-order valence-electron chi connectivity index (χ2n) is 17.0. The number of unbranched alkanes of at least 4 members (excludes halogenated alkanes) is 23. The summed E-state index contributed by atoms with van der Waals surface area (Å²) in [4.78, 5) is 26.1. The van der Waals surface area contributed by atoms with Crippen molar-refractivity contribution in [2.75, 3.05) is 6.61 Å². The van der Waals surface area contributed by atoms with Crippen LogP contribution in [-0.2, 0) is 14.3 Å². The molecule has 0 spiro atoms. The topological polar surface area (TPSA) is 95.9 Å². The van der Waals surface area contributed by atoms with E-state index in [4.69, 9.17) is 4.74 Å². The van der Waals surface area contributed by atoms with Gasteiger partial charge in [-0.3, -0.25) is 9.59 Å².